The third kappa shape index (κ3) is 3.53. The van der Waals surface area contributed by atoms with E-state index in [1.807, 2.05) is 48.5 Å². The maximum absolute atomic E-state index is 6.23. The van der Waals surface area contributed by atoms with Gasteiger partial charge in [-0.1, -0.05) is 43.2 Å². The summed E-state index contributed by atoms with van der Waals surface area (Å²) in [6.07, 6.45) is 6.94. The smallest absolute Gasteiger partial charge is 0.163 e. The highest BCUT2D eigenvalue weighted by Gasteiger charge is 2.24. The molecule has 29 heavy (non-hydrogen) atoms. The van der Waals surface area contributed by atoms with Crippen molar-refractivity contribution >= 4 is 16.9 Å². The van der Waals surface area contributed by atoms with Gasteiger partial charge in [0.15, 0.2) is 5.65 Å². The van der Waals surface area contributed by atoms with Crippen LogP contribution < -0.4 is 10.5 Å². The van der Waals surface area contributed by atoms with Crippen LogP contribution in [0.15, 0.2) is 60.9 Å². The van der Waals surface area contributed by atoms with Gasteiger partial charge in [-0.05, 0) is 42.7 Å². The van der Waals surface area contributed by atoms with Crippen LogP contribution >= 0.6 is 0 Å². The zero-order chi connectivity index (χ0) is 19.6. The Labute approximate surface area is 169 Å². The van der Waals surface area contributed by atoms with Crippen LogP contribution in [-0.4, -0.2) is 19.7 Å². The molecule has 4 aromatic rings. The van der Waals surface area contributed by atoms with E-state index in [1.54, 1.807) is 0 Å². The number of rotatable bonds is 5. The predicted molar refractivity (Wildman–Crippen MR) is 113 cm³/mol. The Kier molecular flexibility index (Phi) is 4.60. The number of nitrogen functional groups attached to an aromatic ring is 1. The quantitative estimate of drug-likeness (QED) is 0.528. The molecule has 0 amide bonds. The fraction of sp³-hybridized carbons (Fsp3) is 0.261. The second-order valence-electron chi connectivity index (χ2n) is 7.53. The van der Waals surface area contributed by atoms with Gasteiger partial charge in [-0.15, -0.1) is 0 Å². The fourth-order valence-corrected chi connectivity index (χ4v) is 4.13. The molecule has 6 nitrogen and oxygen atoms in total. The Bertz CT molecular complexity index is 1130. The number of hydrogen-bond donors (Lipinski definition) is 1. The van der Waals surface area contributed by atoms with Crippen LogP contribution in [0.5, 0.6) is 11.5 Å². The van der Waals surface area contributed by atoms with Crippen molar-refractivity contribution in [2.24, 2.45) is 0 Å². The molecule has 1 aliphatic rings. The van der Waals surface area contributed by atoms with Crippen molar-refractivity contribution in [1.82, 2.24) is 19.7 Å². The predicted octanol–water partition coefficient (Wildman–Crippen LogP) is 4.91. The first-order chi connectivity index (χ1) is 14.3. The molecule has 6 heteroatoms. The zero-order valence-electron chi connectivity index (χ0n) is 16.2. The van der Waals surface area contributed by atoms with E-state index in [-0.39, 0.29) is 0 Å². The molecule has 0 spiro atoms. The summed E-state index contributed by atoms with van der Waals surface area (Å²) in [5.41, 5.74) is 9.10. The van der Waals surface area contributed by atoms with Crippen molar-refractivity contribution in [3.05, 3.63) is 72.2 Å². The minimum Gasteiger partial charge on any atom is -0.457 e. The van der Waals surface area contributed by atoms with E-state index in [1.165, 1.54) is 19.2 Å². The lowest BCUT2D eigenvalue weighted by Gasteiger charge is -2.10. The molecule has 1 fully saturated rings. The van der Waals surface area contributed by atoms with Gasteiger partial charge in [0, 0.05) is 6.42 Å². The summed E-state index contributed by atoms with van der Waals surface area (Å²) in [5.74, 6) is 2.11. The van der Waals surface area contributed by atoms with Crippen LogP contribution in [-0.2, 0) is 6.42 Å². The number of fused-ring (bicyclic) bond motifs is 1. The number of ether oxygens (including phenoxy) is 1. The monoisotopic (exact) mass is 385 g/mol. The summed E-state index contributed by atoms with van der Waals surface area (Å²) in [4.78, 5) is 8.72. The van der Waals surface area contributed by atoms with E-state index in [4.69, 9.17) is 15.6 Å². The largest absolute Gasteiger partial charge is 0.457 e. The summed E-state index contributed by atoms with van der Waals surface area (Å²) in [6.45, 7) is 0. The van der Waals surface area contributed by atoms with E-state index < -0.39 is 0 Å². The summed E-state index contributed by atoms with van der Waals surface area (Å²) >= 11 is 0. The van der Waals surface area contributed by atoms with Crippen molar-refractivity contribution in [2.45, 2.75) is 38.1 Å². The van der Waals surface area contributed by atoms with Crippen molar-refractivity contribution in [3.8, 4) is 11.5 Å². The molecule has 2 aromatic heterocycles. The minimum atomic E-state index is 0.397. The maximum Gasteiger partial charge on any atom is 0.163 e. The zero-order valence-corrected chi connectivity index (χ0v) is 16.2. The molecule has 0 radical (unpaired) electrons. The first kappa shape index (κ1) is 17.7. The Balaban J connectivity index is 1.48. The molecule has 2 N–H and O–H groups in total. The third-order valence-corrected chi connectivity index (χ3v) is 5.51. The van der Waals surface area contributed by atoms with Gasteiger partial charge in [-0.2, -0.15) is 5.10 Å². The van der Waals surface area contributed by atoms with Gasteiger partial charge in [0.25, 0.3) is 0 Å². The number of nitrogens with zero attached hydrogens (tertiary/aromatic N) is 4. The van der Waals surface area contributed by atoms with E-state index in [9.17, 15) is 0 Å². The molecule has 1 aliphatic carbocycles. The van der Waals surface area contributed by atoms with Crippen LogP contribution in [0.3, 0.4) is 0 Å². The average Bonchev–Trinajstić information content (AvgIpc) is 3.38. The van der Waals surface area contributed by atoms with Crippen LogP contribution in [0, 0.1) is 0 Å². The normalized spacial score (nSPS) is 14.5. The second kappa shape index (κ2) is 7.54. The van der Waals surface area contributed by atoms with Crippen LogP contribution in [0.2, 0.25) is 0 Å². The Morgan fingerprint density at radius 3 is 2.59 bits per heavy atom. The van der Waals surface area contributed by atoms with Crippen molar-refractivity contribution < 1.29 is 4.74 Å². The van der Waals surface area contributed by atoms with E-state index >= 15 is 0 Å². The summed E-state index contributed by atoms with van der Waals surface area (Å²) in [5, 5.41) is 5.80. The molecule has 2 aromatic carbocycles. The lowest BCUT2D eigenvalue weighted by atomic mass is 10.1. The van der Waals surface area contributed by atoms with Gasteiger partial charge in [-0.25, -0.2) is 14.6 Å². The number of nitrogens with two attached hydrogens (primary N) is 1. The fourth-order valence-electron chi connectivity index (χ4n) is 4.13. The number of anilines is 1. The summed E-state index contributed by atoms with van der Waals surface area (Å²) < 4.78 is 8.05. The molecule has 0 bridgehead atoms. The van der Waals surface area contributed by atoms with Crippen LogP contribution in [0.4, 0.5) is 5.82 Å². The van der Waals surface area contributed by atoms with Gasteiger partial charge in [0.05, 0.1) is 17.1 Å². The molecule has 0 unspecified atom stereocenters. The van der Waals surface area contributed by atoms with Gasteiger partial charge in [-0.3, -0.25) is 0 Å². The molecule has 146 valence electrons. The van der Waals surface area contributed by atoms with E-state index in [0.29, 0.717) is 18.3 Å². The summed E-state index contributed by atoms with van der Waals surface area (Å²) in [7, 11) is 0. The van der Waals surface area contributed by atoms with Crippen molar-refractivity contribution in [3.63, 3.8) is 0 Å². The van der Waals surface area contributed by atoms with Crippen LogP contribution in [0.1, 0.15) is 43.0 Å². The first-order valence-corrected chi connectivity index (χ1v) is 10.1. The highest BCUT2D eigenvalue weighted by atomic mass is 16.5. The molecule has 0 atom stereocenters. The minimum absolute atomic E-state index is 0.397. The number of aromatic nitrogens is 4. The SMILES string of the molecule is Nc1ncnc2c1c(Cc1cccc(Oc3ccccc3)c1)nn2C1CCCC1. The summed E-state index contributed by atoms with van der Waals surface area (Å²) in [6, 6.07) is 18.3. The molecule has 0 aliphatic heterocycles. The van der Waals surface area contributed by atoms with Crippen LogP contribution in [0.25, 0.3) is 11.0 Å². The lowest BCUT2D eigenvalue weighted by Crippen LogP contribution is -2.07. The van der Waals surface area contributed by atoms with Gasteiger partial charge in [0.1, 0.15) is 23.6 Å². The molecule has 2 heterocycles. The number of para-hydroxylation sites is 1. The second-order valence-corrected chi connectivity index (χ2v) is 7.53. The molecular weight excluding hydrogens is 362 g/mol. The first-order valence-electron chi connectivity index (χ1n) is 10.1. The Hall–Kier alpha value is -3.41. The lowest BCUT2D eigenvalue weighted by molar-refractivity contribution is 0.474. The molecular formula is C23H23N5O. The van der Waals surface area contributed by atoms with Gasteiger partial charge < -0.3 is 10.5 Å². The molecule has 5 rings (SSSR count). The maximum atomic E-state index is 6.23. The highest BCUT2D eigenvalue weighted by Crippen LogP contribution is 2.34. The Morgan fingerprint density at radius 1 is 0.966 bits per heavy atom. The number of benzene rings is 2. The topological polar surface area (TPSA) is 78.8 Å². The van der Waals surface area contributed by atoms with E-state index in [0.717, 1.165) is 46.6 Å². The van der Waals surface area contributed by atoms with E-state index in [2.05, 4.69) is 20.7 Å². The average molecular weight is 385 g/mol. The highest BCUT2D eigenvalue weighted by molar-refractivity contribution is 5.88. The Morgan fingerprint density at radius 2 is 1.76 bits per heavy atom. The van der Waals surface area contributed by atoms with Crippen molar-refractivity contribution in [2.75, 3.05) is 5.73 Å². The standard InChI is InChI=1S/C23H23N5O/c24-22-21-20(27-28(17-8-4-5-9-17)23(21)26-15-25-22)14-16-7-6-12-19(13-16)29-18-10-2-1-3-11-18/h1-3,6-7,10-13,15,17H,4-5,8-9,14H2,(H2,24,25,26). The number of hydrogen-bond acceptors (Lipinski definition) is 5. The van der Waals surface area contributed by atoms with Gasteiger partial charge >= 0.3 is 0 Å². The molecule has 1 saturated carbocycles. The van der Waals surface area contributed by atoms with Gasteiger partial charge in [0.2, 0.25) is 0 Å². The molecule has 0 saturated heterocycles. The third-order valence-electron chi connectivity index (χ3n) is 5.51. The van der Waals surface area contributed by atoms with Crippen molar-refractivity contribution in [1.29, 1.82) is 0 Å².